The molecule has 3 amide bonds. The van der Waals surface area contributed by atoms with Crippen LogP contribution in [0.4, 0.5) is 20.3 Å². The Labute approximate surface area is 207 Å². The van der Waals surface area contributed by atoms with E-state index in [0.29, 0.717) is 5.82 Å². The number of benzene rings is 2. The molecule has 8 nitrogen and oxygen atoms in total. The van der Waals surface area contributed by atoms with Crippen LogP contribution >= 0.6 is 0 Å². The number of hydrogen-bond acceptors (Lipinski definition) is 5. The van der Waals surface area contributed by atoms with Crippen LogP contribution in [0.5, 0.6) is 0 Å². The molecule has 2 N–H and O–H groups in total. The minimum absolute atomic E-state index is 0.138. The number of methoxy groups -OCH3 is 1. The average Bonchev–Trinajstić information content (AvgIpc) is 2.88. The van der Waals surface area contributed by atoms with Crippen LogP contribution in [0.15, 0.2) is 72.9 Å². The molecule has 1 heterocycles. The highest BCUT2D eigenvalue weighted by molar-refractivity contribution is 6.03. The number of nitrogens with one attached hydrogen (secondary N) is 2. The fraction of sp³-hybridized carbons (Fsp3) is 0.231. The lowest BCUT2D eigenvalue weighted by molar-refractivity contribution is -0.127. The molecule has 0 spiro atoms. The molecule has 36 heavy (non-hydrogen) atoms. The van der Waals surface area contributed by atoms with Gasteiger partial charge in [0.05, 0.1) is 12.3 Å². The van der Waals surface area contributed by atoms with Gasteiger partial charge in [-0.15, -0.1) is 0 Å². The summed E-state index contributed by atoms with van der Waals surface area (Å²) in [5.41, 5.74) is 0.115. The summed E-state index contributed by atoms with van der Waals surface area (Å²) >= 11 is 0. The zero-order chi connectivity index (χ0) is 25.9. The van der Waals surface area contributed by atoms with E-state index in [4.69, 9.17) is 4.74 Å². The highest BCUT2D eigenvalue weighted by Crippen LogP contribution is 2.31. The van der Waals surface area contributed by atoms with Crippen LogP contribution in [0, 0.1) is 11.6 Å². The van der Waals surface area contributed by atoms with Gasteiger partial charge in [0, 0.05) is 32.7 Å². The molecule has 3 rings (SSSR count). The minimum atomic E-state index is -1.33. The van der Waals surface area contributed by atoms with E-state index in [9.17, 15) is 23.2 Å². The number of pyridine rings is 1. The lowest BCUT2D eigenvalue weighted by Gasteiger charge is -2.32. The zero-order valence-corrected chi connectivity index (χ0v) is 19.6. The van der Waals surface area contributed by atoms with Crippen molar-refractivity contribution >= 4 is 29.2 Å². The smallest absolute Gasteiger partial charge is 0.247 e. The Morgan fingerprint density at radius 3 is 2.36 bits per heavy atom. The Morgan fingerprint density at radius 2 is 1.69 bits per heavy atom. The first-order chi connectivity index (χ1) is 17.4. The van der Waals surface area contributed by atoms with Crippen LogP contribution in [0.2, 0.25) is 0 Å². The van der Waals surface area contributed by atoms with Gasteiger partial charge in [0.15, 0.2) is 0 Å². The van der Waals surface area contributed by atoms with Crippen LogP contribution < -0.4 is 15.5 Å². The highest BCUT2D eigenvalue weighted by Gasteiger charge is 2.34. The number of halogens is 2. The summed E-state index contributed by atoms with van der Waals surface area (Å²) in [4.78, 5) is 44.1. The molecule has 0 aliphatic rings. The van der Waals surface area contributed by atoms with Crippen molar-refractivity contribution in [3.63, 3.8) is 0 Å². The molecular formula is C26H26F2N4O4. The number of hydrogen-bond donors (Lipinski definition) is 2. The number of aromatic nitrogens is 1. The molecule has 0 saturated heterocycles. The maximum Gasteiger partial charge on any atom is 0.247 e. The van der Waals surface area contributed by atoms with Gasteiger partial charge in [-0.1, -0.05) is 30.3 Å². The summed E-state index contributed by atoms with van der Waals surface area (Å²) in [5.74, 6) is -2.71. The summed E-state index contributed by atoms with van der Waals surface area (Å²) in [6.45, 7) is 0.349. The fourth-order valence-electron chi connectivity index (χ4n) is 3.48. The van der Waals surface area contributed by atoms with E-state index >= 15 is 0 Å². The molecule has 3 aromatic rings. The summed E-state index contributed by atoms with van der Waals surface area (Å²) in [6.07, 6.45) is 0.952. The number of amides is 3. The van der Waals surface area contributed by atoms with Crippen molar-refractivity contribution in [2.45, 2.75) is 18.9 Å². The summed E-state index contributed by atoms with van der Waals surface area (Å²) < 4.78 is 33.5. The van der Waals surface area contributed by atoms with Gasteiger partial charge in [0.1, 0.15) is 23.5 Å². The molecule has 1 unspecified atom stereocenters. The third-order valence-electron chi connectivity index (χ3n) is 5.18. The molecule has 0 fully saturated rings. The number of carbonyl (C=O) groups is 3. The van der Waals surface area contributed by atoms with Crippen LogP contribution in [0.3, 0.4) is 0 Å². The van der Waals surface area contributed by atoms with E-state index in [0.717, 1.165) is 23.1 Å². The van der Waals surface area contributed by atoms with Gasteiger partial charge in [-0.25, -0.2) is 13.8 Å². The lowest BCUT2D eigenvalue weighted by Crippen LogP contribution is -2.45. The fourth-order valence-corrected chi connectivity index (χ4v) is 3.48. The van der Waals surface area contributed by atoms with Crippen molar-refractivity contribution in [1.29, 1.82) is 0 Å². The van der Waals surface area contributed by atoms with Crippen molar-refractivity contribution < 1.29 is 27.9 Å². The van der Waals surface area contributed by atoms with Crippen molar-refractivity contribution in [3.8, 4) is 0 Å². The summed E-state index contributed by atoms with van der Waals surface area (Å²) in [5, 5.41) is 5.24. The van der Waals surface area contributed by atoms with Gasteiger partial charge in [-0.2, -0.15) is 0 Å². The van der Waals surface area contributed by atoms with Gasteiger partial charge in [-0.3, -0.25) is 19.3 Å². The molecule has 188 valence electrons. The van der Waals surface area contributed by atoms with Gasteiger partial charge in [-0.05, 0) is 42.0 Å². The molecule has 0 aliphatic heterocycles. The van der Waals surface area contributed by atoms with E-state index in [2.05, 4.69) is 15.6 Å². The van der Waals surface area contributed by atoms with Crippen LogP contribution in [0.1, 0.15) is 24.4 Å². The van der Waals surface area contributed by atoms with Crippen molar-refractivity contribution in [2.24, 2.45) is 0 Å². The second-order valence-corrected chi connectivity index (χ2v) is 7.72. The molecule has 1 atom stereocenters. The quantitative estimate of drug-likeness (QED) is 0.395. The lowest BCUT2D eigenvalue weighted by atomic mass is 10.0. The normalized spacial score (nSPS) is 11.4. The topological polar surface area (TPSA) is 101 Å². The number of anilines is 2. The van der Waals surface area contributed by atoms with Crippen LogP contribution in [0.25, 0.3) is 0 Å². The first kappa shape index (κ1) is 26.4. The van der Waals surface area contributed by atoms with E-state index in [1.807, 2.05) is 0 Å². The van der Waals surface area contributed by atoms with E-state index < -0.39 is 35.4 Å². The third kappa shape index (κ3) is 7.16. The summed E-state index contributed by atoms with van der Waals surface area (Å²) in [7, 11) is 1.47. The Balaban J connectivity index is 1.91. The van der Waals surface area contributed by atoms with Crippen molar-refractivity contribution in [1.82, 2.24) is 10.3 Å². The molecule has 0 radical (unpaired) electrons. The van der Waals surface area contributed by atoms with Gasteiger partial charge < -0.3 is 15.4 Å². The van der Waals surface area contributed by atoms with Gasteiger partial charge in [0.25, 0.3) is 0 Å². The van der Waals surface area contributed by atoms with Crippen molar-refractivity contribution in [3.05, 3.63) is 90.1 Å². The number of nitrogens with zero attached hydrogens (tertiary/aromatic N) is 2. The second kappa shape index (κ2) is 13.1. The van der Waals surface area contributed by atoms with Crippen LogP contribution in [-0.4, -0.2) is 43.0 Å². The third-order valence-corrected chi connectivity index (χ3v) is 5.18. The molecule has 0 saturated carbocycles. The van der Waals surface area contributed by atoms with Gasteiger partial charge >= 0.3 is 0 Å². The average molecular weight is 497 g/mol. The molecule has 2 aromatic carbocycles. The predicted molar refractivity (Wildman–Crippen MR) is 130 cm³/mol. The molecule has 10 heteroatoms. The molecule has 0 bridgehead atoms. The first-order valence-corrected chi connectivity index (χ1v) is 11.2. The highest BCUT2D eigenvalue weighted by atomic mass is 19.1. The zero-order valence-electron chi connectivity index (χ0n) is 19.6. The van der Waals surface area contributed by atoms with E-state index in [1.54, 1.807) is 18.2 Å². The van der Waals surface area contributed by atoms with Gasteiger partial charge in [0.2, 0.25) is 17.7 Å². The molecule has 0 aliphatic carbocycles. The Kier molecular flexibility index (Phi) is 9.58. The van der Waals surface area contributed by atoms with Crippen LogP contribution in [-0.2, 0) is 19.1 Å². The first-order valence-electron chi connectivity index (χ1n) is 11.2. The number of para-hydroxylation sites is 1. The number of ether oxygens (including phenoxy) is 1. The molecule has 1 aromatic heterocycles. The second-order valence-electron chi connectivity index (χ2n) is 7.72. The van der Waals surface area contributed by atoms with Crippen molar-refractivity contribution in [2.75, 3.05) is 30.5 Å². The molecular weight excluding hydrogens is 470 g/mol. The Hall–Kier alpha value is -4.18. The largest absolute Gasteiger partial charge is 0.383 e. The monoisotopic (exact) mass is 496 g/mol. The number of carbonyl (C=O) groups excluding carboxylic acids is 3. The minimum Gasteiger partial charge on any atom is -0.383 e. The Morgan fingerprint density at radius 1 is 0.972 bits per heavy atom. The number of rotatable bonds is 11. The van der Waals surface area contributed by atoms with E-state index in [-0.39, 0.29) is 37.2 Å². The maximum absolute atomic E-state index is 14.9. The SMILES string of the molecule is COCCNC(=O)C(c1ccc(F)cc1)N(C(=O)CCC(=O)Nc1ccccn1)c1ccccc1F. The maximum atomic E-state index is 14.9. The predicted octanol–water partition coefficient (Wildman–Crippen LogP) is 3.62. The van der Waals surface area contributed by atoms with E-state index in [1.165, 1.54) is 43.6 Å². The Bertz CT molecular complexity index is 1180. The summed E-state index contributed by atoms with van der Waals surface area (Å²) in [6, 6.07) is 14.2. The standard InChI is InChI=1S/C26H26F2N4O4/c1-36-17-16-30-26(35)25(18-9-11-19(27)12-10-18)32(21-7-3-2-6-20(21)28)24(34)14-13-23(33)31-22-8-4-5-15-29-22/h2-12,15,25H,13-14,16-17H2,1H3,(H,30,35)(H,29,31,33).